The van der Waals surface area contributed by atoms with Crippen LogP contribution in [0.2, 0.25) is 0 Å². The van der Waals surface area contributed by atoms with Crippen LogP contribution in [-0.2, 0) is 31.9 Å². The van der Waals surface area contributed by atoms with E-state index < -0.39 is 20.0 Å². The van der Waals surface area contributed by atoms with E-state index >= 15 is 0 Å². The highest BCUT2D eigenvalue weighted by molar-refractivity contribution is 7.93. The number of rotatable bonds is 6. The first-order valence-electron chi connectivity index (χ1n) is 11.6. The fraction of sp³-hybridized carbons (Fsp3) is 0.375. The van der Waals surface area contributed by atoms with Crippen LogP contribution in [0.1, 0.15) is 30.4 Å². The molecule has 2 aliphatic carbocycles. The molecule has 0 atom stereocenters. The fourth-order valence-electron chi connectivity index (χ4n) is 5.32. The van der Waals surface area contributed by atoms with E-state index in [0.717, 1.165) is 24.0 Å². The van der Waals surface area contributed by atoms with E-state index in [0.29, 0.717) is 36.4 Å². The minimum atomic E-state index is -4.14. The standard InChI is InChI=1S/C24H25N3O7S2/c1-32-19-5-3-6-20(33-2)22(19)36(30,31)26-23-17-14-24(9-10-24)18-8-7-15(13-16(18)21(17)34-25-23)27-11-4-12-35(27,28)29/h3,5-8,13H,4,9-12,14H2,1-2H3,(H,25,26). The highest BCUT2D eigenvalue weighted by Gasteiger charge is 2.51. The normalized spacial score (nSPS) is 19.0. The van der Waals surface area contributed by atoms with Crippen molar-refractivity contribution in [1.29, 1.82) is 0 Å². The van der Waals surface area contributed by atoms with Gasteiger partial charge in [0, 0.05) is 23.1 Å². The van der Waals surface area contributed by atoms with Gasteiger partial charge in [0.15, 0.2) is 16.5 Å². The monoisotopic (exact) mass is 531 g/mol. The molecule has 0 radical (unpaired) electrons. The van der Waals surface area contributed by atoms with Crippen molar-refractivity contribution in [3.63, 3.8) is 0 Å². The summed E-state index contributed by atoms with van der Waals surface area (Å²) >= 11 is 0. The molecule has 1 saturated carbocycles. The third-order valence-electron chi connectivity index (χ3n) is 7.25. The molecule has 3 aliphatic rings. The molecule has 0 amide bonds. The summed E-state index contributed by atoms with van der Waals surface area (Å²) in [5.41, 5.74) is 2.91. The van der Waals surface area contributed by atoms with Gasteiger partial charge in [-0.05, 0) is 55.5 Å². The van der Waals surface area contributed by atoms with Crippen LogP contribution in [0.3, 0.4) is 0 Å². The van der Waals surface area contributed by atoms with Crippen LogP contribution in [0.15, 0.2) is 45.8 Å². The van der Waals surface area contributed by atoms with Crippen molar-refractivity contribution in [2.45, 2.75) is 36.0 Å². The Morgan fingerprint density at radius 2 is 1.83 bits per heavy atom. The second kappa shape index (κ2) is 7.87. The molecule has 2 heterocycles. The van der Waals surface area contributed by atoms with E-state index in [2.05, 4.69) is 9.88 Å². The number of benzene rings is 2. The van der Waals surface area contributed by atoms with Crippen LogP contribution in [0.25, 0.3) is 11.3 Å². The number of nitrogens with zero attached hydrogens (tertiary/aromatic N) is 2. The van der Waals surface area contributed by atoms with Crippen molar-refractivity contribution >= 4 is 31.6 Å². The average Bonchev–Trinajstić information content (AvgIpc) is 3.38. The number of methoxy groups -OCH3 is 2. The molecule has 1 N–H and O–H groups in total. The predicted molar refractivity (Wildman–Crippen MR) is 133 cm³/mol. The zero-order valence-corrected chi connectivity index (χ0v) is 21.4. The molecule has 190 valence electrons. The topological polar surface area (TPSA) is 128 Å². The molecule has 1 spiro atoms. The third kappa shape index (κ3) is 3.46. The van der Waals surface area contributed by atoms with E-state index in [9.17, 15) is 16.8 Å². The molecule has 0 unspecified atom stereocenters. The van der Waals surface area contributed by atoms with Gasteiger partial charge >= 0.3 is 0 Å². The van der Waals surface area contributed by atoms with Crippen molar-refractivity contribution in [1.82, 2.24) is 5.16 Å². The first-order valence-corrected chi connectivity index (χ1v) is 14.7. The molecule has 1 saturated heterocycles. The van der Waals surface area contributed by atoms with Gasteiger partial charge in [-0.3, -0.25) is 9.03 Å². The van der Waals surface area contributed by atoms with E-state index in [1.807, 2.05) is 18.2 Å². The van der Waals surface area contributed by atoms with E-state index in [4.69, 9.17) is 14.0 Å². The molecule has 1 aromatic heterocycles. The first-order chi connectivity index (χ1) is 17.2. The highest BCUT2D eigenvalue weighted by atomic mass is 32.2. The summed E-state index contributed by atoms with van der Waals surface area (Å²) in [6.45, 7) is 0.432. The SMILES string of the molecule is COc1cccc(OC)c1S(=O)(=O)Nc1noc2c1CC1(CC1)c1ccc(N3CCCS3(=O)=O)cc1-2. The largest absolute Gasteiger partial charge is 0.495 e. The third-order valence-corrected chi connectivity index (χ3v) is 10.5. The quantitative estimate of drug-likeness (QED) is 0.513. The molecule has 2 fully saturated rings. The Morgan fingerprint density at radius 3 is 2.44 bits per heavy atom. The number of nitrogens with one attached hydrogen (secondary N) is 1. The number of ether oxygens (including phenoxy) is 2. The van der Waals surface area contributed by atoms with Gasteiger partial charge in [-0.2, -0.15) is 0 Å². The fourth-order valence-corrected chi connectivity index (χ4v) is 8.23. The van der Waals surface area contributed by atoms with Gasteiger partial charge in [0.2, 0.25) is 10.0 Å². The van der Waals surface area contributed by atoms with Crippen LogP contribution >= 0.6 is 0 Å². The lowest BCUT2D eigenvalue weighted by atomic mass is 9.79. The molecule has 10 nitrogen and oxygen atoms in total. The minimum absolute atomic E-state index is 0.106. The van der Waals surface area contributed by atoms with Crippen LogP contribution in [0.4, 0.5) is 11.5 Å². The van der Waals surface area contributed by atoms with Crippen LogP contribution in [0.5, 0.6) is 11.5 Å². The predicted octanol–water partition coefficient (Wildman–Crippen LogP) is 3.29. The zero-order chi connectivity index (χ0) is 25.3. The van der Waals surface area contributed by atoms with Crippen molar-refractivity contribution in [2.24, 2.45) is 0 Å². The highest BCUT2D eigenvalue weighted by Crippen LogP contribution is 2.59. The maximum Gasteiger partial charge on any atom is 0.270 e. The molecule has 3 aromatic rings. The smallest absolute Gasteiger partial charge is 0.270 e. The number of hydrogen-bond donors (Lipinski definition) is 1. The van der Waals surface area contributed by atoms with Crippen LogP contribution in [0, 0.1) is 0 Å². The number of fused-ring (bicyclic) bond motifs is 4. The van der Waals surface area contributed by atoms with E-state index in [1.54, 1.807) is 18.2 Å². The zero-order valence-electron chi connectivity index (χ0n) is 19.8. The number of anilines is 2. The summed E-state index contributed by atoms with van der Waals surface area (Å²) in [5, 5.41) is 4.09. The van der Waals surface area contributed by atoms with Gasteiger partial charge in [-0.25, -0.2) is 16.8 Å². The van der Waals surface area contributed by atoms with Gasteiger partial charge in [0.25, 0.3) is 10.0 Å². The van der Waals surface area contributed by atoms with Gasteiger partial charge in [-0.1, -0.05) is 17.3 Å². The lowest BCUT2D eigenvalue weighted by Gasteiger charge is -2.26. The van der Waals surface area contributed by atoms with Gasteiger partial charge in [-0.15, -0.1) is 0 Å². The Bertz CT molecular complexity index is 1570. The van der Waals surface area contributed by atoms with Crippen molar-refractivity contribution in [3.05, 3.63) is 47.5 Å². The summed E-state index contributed by atoms with van der Waals surface area (Å²) in [6.07, 6.45) is 3.04. The Labute approximate surface area is 209 Å². The summed E-state index contributed by atoms with van der Waals surface area (Å²) in [6, 6.07) is 10.4. The molecular formula is C24H25N3O7S2. The van der Waals surface area contributed by atoms with Crippen LogP contribution < -0.4 is 18.5 Å². The molecule has 12 heteroatoms. The minimum Gasteiger partial charge on any atom is -0.495 e. The summed E-state index contributed by atoms with van der Waals surface area (Å²) in [7, 11) is -4.72. The summed E-state index contributed by atoms with van der Waals surface area (Å²) < 4.78 is 72.1. The Balaban J connectivity index is 1.43. The molecule has 2 aromatic carbocycles. The second-order valence-electron chi connectivity index (χ2n) is 9.36. The molecular weight excluding hydrogens is 506 g/mol. The van der Waals surface area contributed by atoms with Crippen molar-refractivity contribution in [3.8, 4) is 22.8 Å². The number of hydrogen-bond acceptors (Lipinski definition) is 8. The van der Waals surface area contributed by atoms with E-state index in [1.165, 1.54) is 18.5 Å². The maximum absolute atomic E-state index is 13.4. The van der Waals surface area contributed by atoms with Crippen molar-refractivity contribution < 1.29 is 30.8 Å². The Morgan fingerprint density at radius 1 is 1.11 bits per heavy atom. The Kier molecular flexibility index (Phi) is 5.07. The van der Waals surface area contributed by atoms with E-state index in [-0.39, 0.29) is 33.4 Å². The summed E-state index contributed by atoms with van der Waals surface area (Å²) in [5.74, 6) is 0.957. The molecule has 6 rings (SSSR count). The van der Waals surface area contributed by atoms with Gasteiger partial charge < -0.3 is 14.0 Å². The van der Waals surface area contributed by atoms with Crippen LogP contribution in [-0.4, -0.2) is 48.5 Å². The summed E-state index contributed by atoms with van der Waals surface area (Å²) in [4.78, 5) is -0.134. The number of sulfonamides is 2. The average molecular weight is 532 g/mol. The lowest BCUT2D eigenvalue weighted by molar-refractivity contribution is 0.373. The lowest BCUT2D eigenvalue weighted by Crippen LogP contribution is -2.26. The first kappa shape index (κ1) is 23.2. The molecule has 0 bridgehead atoms. The second-order valence-corrected chi connectivity index (χ2v) is 13.0. The molecule has 36 heavy (non-hydrogen) atoms. The van der Waals surface area contributed by atoms with Gasteiger partial charge in [0.05, 0.1) is 25.7 Å². The Hall–Kier alpha value is -3.25. The number of aromatic nitrogens is 1. The van der Waals surface area contributed by atoms with Crippen molar-refractivity contribution in [2.75, 3.05) is 35.5 Å². The molecule has 1 aliphatic heterocycles. The van der Waals surface area contributed by atoms with Gasteiger partial charge in [0.1, 0.15) is 11.5 Å². The maximum atomic E-state index is 13.4.